The van der Waals surface area contributed by atoms with Gasteiger partial charge < -0.3 is 42.2 Å². The van der Waals surface area contributed by atoms with E-state index in [1.54, 1.807) is 0 Å². The van der Waals surface area contributed by atoms with E-state index in [4.69, 9.17) is 22.1 Å². The van der Waals surface area contributed by atoms with Crippen molar-refractivity contribution in [1.29, 1.82) is 0 Å². The van der Waals surface area contributed by atoms with Crippen LogP contribution in [0.15, 0.2) is 102 Å². The van der Waals surface area contributed by atoms with Crippen molar-refractivity contribution in [3.63, 3.8) is 0 Å². The number of rotatable bonds is 10. The molecule has 2 heterocycles. The number of anilines is 2. The van der Waals surface area contributed by atoms with Crippen molar-refractivity contribution in [2.75, 3.05) is 24.1 Å². The largest absolute Gasteiger partial charge is 1.00 e. The third kappa shape index (κ3) is 7.31. The summed E-state index contributed by atoms with van der Waals surface area (Å²) in [5, 5.41) is 20.6. The van der Waals surface area contributed by atoms with E-state index < -0.39 is 18.1 Å². The van der Waals surface area contributed by atoms with E-state index in [0.717, 1.165) is 39.7 Å². The maximum absolute atomic E-state index is 12.2. The molecule has 5 aromatic rings. The van der Waals surface area contributed by atoms with Crippen LogP contribution in [0.25, 0.3) is 11.4 Å². The van der Waals surface area contributed by atoms with Gasteiger partial charge in [0.15, 0.2) is 11.9 Å². The van der Waals surface area contributed by atoms with Crippen molar-refractivity contribution in [2.45, 2.75) is 44.1 Å². The summed E-state index contributed by atoms with van der Waals surface area (Å²) in [5.74, 6) is 0.397. The second kappa shape index (κ2) is 15.1. The fourth-order valence-electron chi connectivity index (χ4n) is 5.85. The van der Waals surface area contributed by atoms with Gasteiger partial charge in [-0.15, -0.1) is 0 Å². The number of fused-ring (bicyclic) bond motifs is 1. The molecule has 1 aliphatic rings. The van der Waals surface area contributed by atoms with Crippen molar-refractivity contribution in [2.24, 2.45) is 0 Å². The SMILES string of the molecule is COC1Cc2cc(OCNc3cccc(-[n+]4c([S-])nn(-c5ccc(C)cc5)c4C)c3)ccc2N(Cc2ccccc2)C1C(=O)[O-].[K+]. The number of carboxylic acids is 1. The Morgan fingerprint density at radius 1 is 1.02 bits per heavy atom. The Morgan fingerprint density at radius 3 is 2.50 bits per heavy atom. The number of carbonyl (C=O) groups excluding carboxylic acids is 1. The Morgan fingerprint density at radius 2 is 1.78 bits per heavy atom. The second-order valence-electron chi connectivity index (χ2n) is 11.1. The van der Waals surface area contributed by atoms with Gasteiger partial charge in [-0.2, -0.15) is 0 Å². The number of ether oxygens (including phenoxy) is 2. The van der Waals surface area contributed by atoms with Gasteiger partial charge in [0.25, 0.3) is 0 Å². The van der Waals surface area contributed by atoms with Crippen LogP contribution < -0.4 is 76.0 Å². The van der Waals surface area contributed by atoms with E-state index >= 15 is 0 Å². The van der Waals surface area contributed by atoms with Gasteiger partial charge in [-0.1, -0.05) is 58.8 Å². The molecule has 0 aliphatic carbocycles. The molecule has 0 saturated carbocycles. The number of nitrogens with zero attached hydrogens (tertiary/aromatic N) is 4. The van der Waals surface area contributed by atoms with Gasteiger partial charge in [-0.25, -0.2) is 4.57 Å². The third-order valence-corrected chi connectivity index (χ3v) is 8.38. The molecule has 46 heavy (non-hydrogen) atoms. The minimum absolute atomic E-state index is 0. The number of carboxylic acid groups (broad SMARTS) is 1. The quantitative estimate of drug-likeness (QED) is 0.102. The van der Waals surface area contributed by atoms with E-state index in [2.05, 4.69) is 29.5 Å². The van der Waals surface area contributed by atoms with Gasteiger partial charge in [-0.3, -0.25) is 0 Å². The van der Waals surface area contributed by atoms with Crippen LogP contribution in [0.5, 0.6) is 5.75 Å². The molecule has 2 unspecified atom stereocenters. The molecule has 0 radical (unpaired) electrons. The molecule has 4 aromatic carbocycles. The molecular weight excluding hydrogens is 626 g/mol. The molecule has 6 rings (SSSR count). The summed E-state index contributed by atoms with van der Waals surface area (Å²) >= 11 is 5.63. The first-order valence-corrected chi connectivity index (χ1v) is 15.1. The van der Waals surface area contributed by atoms with Crippen molar-refractivity contribution in [3.05, 3.63) is 120 Å². The summed E-state index contributed by atoms with van der Waals surface area (Å²) in [6.07, 6.45) is -0.133. The summed E-state index contributed by atoms with van der Waals surface area (Å²) in [5.41, 5.74) is 6.65. The molecule has 0 bridgehead atoms. The smallest absolute Gasteiger partial charge is 0.702 e. The number of carbonyl (C=O) groups is 1. The molecule has 0 saturated heterocycles. The first-order chi connectivity index (χ1) is 21.8. The fourth-order valence-corrected chi connectivity index (χ4v) is 6.17. The van der Waals surface area contributed by atoms with E-state index in [9.17, 15) is 9.90 Å². The Balaban J connectivity index is 0.00000417. The van der Waals surface area contributed by atoms with Gasteiger partial charge >= 0.3 is 51.4 Å². The zero-order valence-corrected chi connectivity index (χ0v) is 30.3. The fraction of sp³-hybridized carbons (Fsp3) is 0.229. The van der Waals surface area contributed by atoms with Gasteiger partial charge in [-0.05, 0) is 60.5 Å². The van der Waals surface area contributed by atoms with Crippen molar-refractivity contribution >= 4 is 30.0 Å². The second-order valence-corrected chi connectivity index (χ2v) is 11.4. The van der Waals surface area contributed by atoms with Gasteiger partial charge in [0.2, 0.25) is 5.82 Å². The molecule has 1 aromatic heterocycles. The van der Waals surface area contributed by atoms with E-state index in [1.807, 2.05) is 106 Å². The van der Waals surface area contributed by atoms with Crippen LogP contribution in [-0.4, -0.2) is 41.7 Å². The third-order valence-electron chi connectivity index (χ3n) is 8.11. The van der Waals surface area contributed by atoms with Gasteiger partial charge in [0.1, 0.15) is 17.1 Å². The molecule has 1 N–H and O–H groups in total. The number of aromatic nitrogens is 3. The maximum Gasteiger partial charge on any atom is 1.00 e. The van der Waals surface area contributed by atoms with Crippen LogP contribution in [0.2, 0.25) is 0 Å². The Bertz CT molecular complexity index is 1820. The van der Waals surface area contributed by atoms with Crippen LogP contribution in [-0.2, 0) is 35.1 Å². The first kappa shape index (κ1) is 34.1. The standard InChI is InChI=1S/C35H35N5O4S.K/c1-23-12-14-28(15-13-23)40-24(2)39(35(45)37-40)29-11-7-10-27(20-29)36-22-44-30-16-17-31-26(18-30)19-32(43-3)33(34(41)42)38(31)21-25-8-5-4-6-9-25;/h4-18,20,32-33,36H,19,21-22H2,1-3H3,(H-,37,41,42,45);/q;+1/p-1. The molecule has 9 nitrogen and oxygen atoms in total. The summed E-state index contributed by atoms with van der Waals surface area (Å²) in [4.78, 5) is 14.1. The number of benzene rings is 4. The summed E-state index contributed by atoms with van der Waals surface area (Å²) < 4.78 is 15.5. The molecule has 11 heteroatoms. The predicted octanol–water partition coefficient (Wildman–Crippen LogP) is 0.820. The Hall–Kier alpha value is -3.29. The number of aliphatic carboxylic acids is 1. The van der Waals surface area contributed by atoms with Crippen LogP contribution in [0.1, 0.15) is 22.5 Å². The maximum atomic E-state index is 12.2. The molecule has 2 atom stereocenters. The summed E-state index contributed by atoms with van der Waals surface area (Å²) in [6, 6.07) is 30.7. The van der Waals surface area contributed by atoms with E-state index in [1.165, 1.54) is 12.7 Å². The molecule has 1 aliphatic heterocycles. The zero-order valence-electron chi connectivity index (χ0n) is 26.3. The number of methoxy groups -OCH3 is 1. The summed E-state index contributed by atoms with van der Waals surface area (Å²) in [6.45, 7) is 4.68. The molecule has 230 valence electrons. The van der Waals surface area contributed by atoms with E-state index in [-0.39, 0.29) is 58.1 Å². The molecular formula is C35H34KN5O4S. The number of aryl methyl sites for hydroxylation is 1. The topological polar surface area (TPSA) is 95.6 Å². The van der Waals surface area contributed by atoms with Gasteiger partial charge in [0.05, 0.1) is 18.1 Å². The Kier molecular flexibility index (Phi) is 11.2. The van der Waals surface area contributed by atoms with Crippen LogP contribution >= 0.6 is 0 Å². The first-order valence-electron chi connectivity index (χ1n) is 14.7. The minimum Gasteiger partial charge on any atom is -0.702 e. The molecule has 0 amide bonds. The average Bonchev–Trinajstić information content (AvgIpc) is 3.34. The van der Waals surface area contributed by atoms with Crippen molar-refractivity contribution < 1.29 is 75.3 Å². The number of nitrogens with one attached hydrogen (secondary N) is 1. The van der Waals surface area contributed by atoms with Crippen molar-refractivity contribution in [1.82, 2.24) is 9.78 Å². The van der Waals surface area contributed by atoms with E-state index in [0.29, 0.717) is 23.9 Å². The van der Waals surface area contributed by atoms with Crippen LogP contribution in [0, 0.1) is 13.8 Å². The number of hydrogen-bond donors (Lipinski definition) is 1. The number of hydrogen-bond acceptors (Lipinski definition) is 8. The minimum atomic E-state index is -1.16. The zero-order chi connectivity index (χ0) is 31.5. The van der Waals surface area contributed by atoms with Gasteiger partial charge in [0, 0.05) is 49.5 Å². The normalized spacial score (nSPS) is 15.5. The Labute approximate surface area is 317 Å². The summed E-state index contributed by atoms with van der Waals surface area (Å²) in [7, 11) is 1.53. The average molecular weight is 660 g/mol. The molecule has 0 spiro atoms. The van der Waals surface area contributed by atoms with Crippen molar-refractivity contribution in [3.8, 4) is 17.1 Å². The molecule has 0 fully saturated rings. The predicted molar refractivity (Wildman–Crippen MR) is 172 cm³/mol. The van der Waals surface area contributed by atoms with Crippen LogP contribution in [0.3, 0.4) is 0 Å². The monoisotopic (exact) mass is 659 g/mol. The van der Waals surface area contributed by atoms with Crippen LogP contribution in [0.4, 0.5) is 11.4 Å².